The Labute approximate surface area is 156 Å². The second kappa shape index (κ2) is 6.80. The molecule has 1 atom stereocenters. The lowest BCUT2D eigenvalue weighted by Crippen LogP contribution is -2.47. The summed E-state index contributed by atoms with van der Waals surface area (Å²) in [5.41, 5.74) is -0.765. The Hall–Kier alpha value is -2.27. The van der Waals surface area contributed by atoms with E-state index in [1.807, 2.05) is 16.7 Å². The van der Waals surface area contributed by atoms with Gasteiger partial charge in [-0.1, -0.05) is 11.8 Å². The maximum atomic E-state index is 12.3. The zero-order valence-corrected chi connectivity index (χ0v) is 15.5. The van der Waals surface area contributed by atoms with Gasteiger partial charge in [0.05, 0.1) is 24.6 Å². The lowest BCUT2D eigenvalue weighted by Gasteiger charge is -2.22. The quantitative estimate of drug-likeness (QED) is 0.717. The molecule has 0 aromatic carbocycles. The van der Waals surface area contributed by atoms with E-state index in [1.165, 1.54) is 11.8 Å². The Bertz CT molecular complexity index is 832. The molecule has 7 nitrogen and oxygen atoms in total. The van der Waals surface area contributed by atoms with Crippen molar-refractivity contribution < 1.29 is 9.21 Å². The second-order valence-electron chi connectivity index (χ2n) is 7.21. The number of furan rings is 1. The van der Waals surface area contributed by atoms with Crippen molar-refractivity contribution in [3.8, 4) is 6.07 Å². The van der Waals surface area contributed by atoms with Crippen LogP contribution in [0.5, 0.6) is 0 Å². The standard InChI is InChI=1S/C18H21N5O2S/c1-18(11-19,13-6-7-13)20-15(24)10-26-17-22-21-16(12-4-5-12)23(17)9-14-3-2-8-25-14/h2-3,8,12-13H,4-7,9-10H2,1H3,(H,20,24). The van der Waals surface area contributed by atoms with Crippen molar-refractivity contribution in [1.29, 1.82) is 5.26 Å². The Balaban J connectivity index is 1.43. The molecule has 2 heterocycles. The third-order valence-electron chi connectivity index (χ3n) is 4.94. The molecule has 0 radical (unpaired) electrons. The topological polar surface area (TPSA) is 96.7 Å². The van der Waals surface area contributed by atoms with Crippen molar-refractivity contribution in [2.24, 2.45) is 5.92 Å². The number of hydrogen-bond donors (Lipinski definition) is 1. The van der Waals surface area contributed by atoms with E-state index in [-0.39, 0.29) is 17.6 Å². The summed E-state index contributed by atoms with van der Waals surface area (Å²) < 4.78 is 7.50. The van der Waals surface area contributed by atoms with Gasteiger partial charge in [0.25, 0.3) is 0 Å². The molecular weight excluding hydrogens is 350 g/mol. The Morgan fingerprint density at radius 1 is 1.46 bits per heavy atom. The van der Waals surface area contributed by atoms with E-state index in [9.17, 15) is 10.1 Å². The van der Waals surface area contributed by atoms with E-state index in [0.717, 1.165) is 37.3 Å². The van der Waals surface area contributed by atoms with Gasteiger partial charge in [0.2, 0.25) is 5.91 Å². The number of carbonyl (C=O) groups excluding carboxylic acids is 1. The van der Waals surface area contributed by atoms with Crippen LogP contribution in [-0.2, 0) is 11.3 Å². The van der Waals surface area contributed by atoms with Crippen molar-refractivity contribution in [1.82, 2.24) is 20.1 Å². The Morgan fingerprint density at radius 2 is 2.27 bits per heavy atom. The summed E-state index contributed by atoms with van der Waals surface area (Å²) in [6.07, 6.45) is 5.91. The summed E-state index contributed by atoms with van der Waals surface area (Å²) in [6, 6.07) is 6.03. The fourth-order valence-corrected chi connectivity index (χ4v) is 3.84. The summed E-state index contributed by atoms with van der Waals surface area (Å²) in [4.78, 5) is 12.3. The van der Waals surface area contributed by atoms with E-state index < -0.39 is 5.54 Å². The number of rotatable bonds is 8. The van der Waals surface area contributed by atoms with Crippen molar-refractivity contribution in [2.75, 3.05) is 5.75 Å². The molecule has 136 valence electrons. The summed E-state index contributed by atoms with van der Waals surface area (Å²) in [5, 5.41) is 21.6. The molecule has 0 bridgehead atoms. The highest BCUT2D eigenvalue weighted by Gasteiger charge is 2.43. The molecule has 4 rings (SSSR count). The average Bonchev–Trinajstić information content (AvgIpc) is 3.56. The number of amides is 1. The number of thioether (sulfide) groups is 1. The Morgan fingerprint density at radius 3 is 2.88 bits per heavy atom. The molecule has 0 saturated heterocycles. The number of nitrogens with one attached hydrogen (secondary N) is 1. The van der Waals surface area contributed by atoms with Gasteiger partial charge in [0.15, 0.2) is 5.16 Å². The molecular formula is C18H21N5O2S. The van der Waals surface area contributed by atoms with Crippen molar-refractivity contribution in [2.45, 2.75) is 55.8 Å². The van der Waals surface area contributed by atoms with Gasteiger partial charge in [-0.05, 0) is 50.7 Å². The van der Waals surface area contributed by atoms with Crippen LogP contribution in [-0.4, -0.2) is 32.0 Å². The zero-order valence-electron chi connectivity index (χ0n) is 14.6. The smallest absolute Gasteiger partial charge is 0.231 e. The number of nitriles is 1. The van der Waals surface area contributed by atoms with Crippen LogP contribution in [0.4, 0.5) is 0 Å². The zero-order chi connectivity index (χ0) is 18.1. The predicted molar refractivity (Wildman–Crippen MR) is 95.4 cm³/mol. The Kier molecular flexibility index (Phi) is 4.49. The van der Waals surface area contributed by atoms with Crippen LogP contribution in [0.2, 0.25) is 0 Å². The third kappa shape index (κ3) is 3.63. The van der Waals surface area contributed by atoms with Crippen LogP contribution in [0.15, 0.2) is 28.0 Å². The van der Waals surface area contributed by atoms with Crippen LogP contribution >= 0.6 is 11.8 Å². The highest BCUT2D eigenvalue weighted by atomic mass is 32.2. The molecule has 8 heteroatoms. The van der Waals surface area contributed by atoms with Crippen LogP contribution in [0.25, 0.3) is 0 Å². The molecule has 1 N–H and O–H groups in total. The van der Waals surface area contributed by atoms with Crippen LogP contribution < -0.4 is 5.32 Å². The van der Waals surface area contributed by atoms with E-state index >= 15 is 0 Å². The molecule has 2 fully saturated rings. The molecule has 2 aliphatic rings. The fourth-order valence-electron chi connectivity index (χ4n) is 3.10. The first-order valence-corrected chi connectivity index (χ1v) is 9.88. The van der Waals surface area contributed by atoms with Gasteiger partial charge in [-0.15, -0.1) is 10.2 Å². The maximum absolute atomic E-state index is 12.3. The minimum absolute atomic E-state index is 0.147. The predicted octanol–water partition coefficient (Wildman–Crippen LogP) is 2.70. The van der Waals surface area contributed by atoms with Crippen molar-refractivity contribution in [3.63, 3.8) is 0 Å². The number of hydrogen-bond acceptors (Lipinski definition) is 6. The summed E-state index contributed by atoms with van der Waals surface area (Å²) >= 11 is 1.35. The van der Waals surface area contributed by atoms with E-state index in [0.29, 0.717) is 17.6 Å². The SMILES string of the molecule is CC(C#N)(NC(=O)CSc1nnc(C2CC2)n1Cc1ccco1)C1CC1. The molecule has 1 amide bonds. The fraction of sp³-hybridized carbons (Fsp3) is 0.556. The molecule has 2 saturated carbocycles. The second-order valence-corrected chi connectivity index (χ2v) is 8.15. The molecule has 2 aromatic rings. The van der Waals surface area contributed by atoms with Gasteiger partial charge >= 0.3 is 0 Å². The van der Waals surface area contributed by atoms with Gasteiger partial charge in [-0.3, -0.25) is 9.36 Å². The van der Waals surface area contributed by atoms with Crippen molar-refractivity contribution >= 4 is 17.7 Å². The van der Waals surface area contributed by atoms with E-state index in [2.05, 4.69) is 21.6 Å². The monoisotopic (exact) mass is 371 g/mol. The van der Waals surface area contributed by atoms with Crippen LogP contribution in [0.3, 0.4) is 0 Å². The first-order valence-electron chi connectivity index (χ1n) is 8.89. The molecule has 26 heavy (non-hydrogen) atoms. The van der Waals surface area contributed by atoms with E-state index in [1.54, 1.807) is 13.2 Å². The molecule has 0 spiro atoms. The molecule has 1 unspecified atom stereocenters. The lowest BCUT2D eigenvalue weighted by molar-refractivity contribution is -0.119. The summed E-state index contributed by atoms with van der Waals surface area (Å²) in [7, 11) is 0. The highest BCUT2D eigenvalue weighted by Crippen LogP contribution is 2.41. The average molecular weight is 371 g/mol. The minimum atomic E-state index is -0.765. The summed E-state index contributed by atoms with van der Waals surface area (Å²) in [5.74, 6) is 2.59. The first kappa shape index (κ1) is 17.2. The van der Waals surface area contributed by atoms with Gasteiger partial charge in [-0.25, -0.2) is 0 Å². The first-order chi connectivity index (χ1) is 12.6. The summed E-state index contributed by atoms with van der Waals surface area (Å²) in [6.45, 7) is 2.37. The van der Waals surface area contributed by atoms with Crippen LogP contribution in [0, 0.1) is 17.2 Å². The van der Waals surface area contributed by atoms with Crippen molar-refractivity contribution in [3.05, 3.63) is 30.0 Å². The minimum Gasteiger partial charge on any atom is -0.467 e. The highest BCUT2D eigenvalue weighted by molar-refractivity contribution is 7.99. The lowest BCUT2D eigenvalue weighted by atomic mass is 9.98. The van der Waals surface area contributed by atoms with Crippen LogP contribution in [0.1, 0.15) is 50.1 Å². The number of carbonyl (C=O) groups is 1. The molecule has 2 aliphatic carbocycles. The number of nitrogens with zero attached hydrogens (tertiary/aromatic N) is 4. The number of aromatic nitrogens is 3. The third-order valence-corrected chi connectivity index (χ3v) is 5.91. The maximum Gasteiger partial charge on any atom is 0.231 e. The van der Waals surface area contributed by atoms with Gasteiger partial charge in [0.1, 0.15) is 17.1 Å². The largest absolute Gasteiger partial charge is 0.467 e. The molecule has 0 aliphatic heterocycles. The normalized spacial score (nSPS) is 18.9. The van der Waals surface area contributed by atoms with E-state index in [4.69, 9.17) is 4.42 Å². The van der Waals surface area contributed by atoms with Gasteiger partial charge in [-0.2, -0.15) is 5.26 Å². The van der Waals surface area contributed by atoms with Gasteiger partial charge < -0.3 is 9.73 Å². The molecule has 2 aromatic heterocycles. The van der Waals surface area contributed by atoms with Gasteiger partial charge in [0, 0.05) is 5.92 Å².